The number of allylic oxidation sites excluding steroid dienone is 2. The summed E-state index contributed by atoms with van der Waals surface area (Å²) in [6.45, 7) is 0. The van der Waals surface area contributed by atoms with E-state index >= 15 is 0 Å². The Morgan fingerprint density at radius 3 is 2.32 bits per heavy atom. The van der Waals surface area contributed by atoms with Gasteiger partial charge in [-0.2, -0.15) is 0 Å². The summed E-state index contributed by atoms with van der Waals surface area (Å²) >= 11 is 0. The normalized spacial score (nSPS) is 14.6. The Kier molecular flexibility index (Phi) is 6.42. The zero-order valence-electron chi connectivity index (χ0n) is 11.4. The fraction of sp³-hybridized carbons (Fsp3) is 0.308. The quantitative estimate of drug-likeness (QED) is 0.406. The number of carbonyl (C=O) groups is 2. The molecule has 1 heterocycles. The van der Waals surface area contributed by atoms with E-state index in [9.17, 15) is 14.2 Å². The maximum Gasteiger partial charge on any atom is 0.340 e. The van der Waals surface area contributed by atoms with Crippen LogP contribution in [0, 0.1) is 5.92 Å². The topological polar surface area (TPSA) is 145 Å². The van der Waals surface area contributed by atoms with Crippen molar-refractivity contribution in [3.63, 3.8) is 0 Å². The SMILES string of the molecule is O=C(O)C(CC=CCc1ccccn1)C(C(=O)O)P(=O)(O)O. The minimum absolute atomic E-state index is 0.301. The average molecular weight is 329 g/mol. The molecule has 8 nitrogen and oxygen atoms in total. The van der Waals surface area contributed by atoms with Gasteiger partial charge < -0.3 is 20.0 Å². The number of aromatic nitrogens is 1. The standard InChI is InChI=1S/C13H16NO7P/c15-12(16)10(11(13(17)18)22(19,20)21)7-2-1-5-9-6-3-4-8-14-9/h1-4,6,8,10-11H,5,7H2,(H,15,16)(H,17,18)(H2,19,20,21). The predicted octanol–water partition coefficient (Wildman–Crippen LogP) is 0.902. The van der Waals surface area contributed by atoms with Crippen LogP contribution < -0.4 is 0 Å². The van der Waals surface area contributed by atoms with Crippen molar-refractivity contribution in [3.8, 4) is 0 Å². The van der Waals surface area contributed by atoms with Crippen molar-refractivity contribution in [2.45, 2.75) is 18.5 Å². The predicted molar refractivity (Wildman–Crippen MR) is 76.3 cm³/mol. The lowest BCUT2D eigenvalue weighted by Crippen LogP contribution is -2.34. The molecule has 0 saturated heterocycles. The number of pyridine rings is 1. The molecule has 0 aliphatic rings. The monoisotopic (exact) mass is 329 g/mol. The number of carboxylic acids is 2. The molecule has 0 aliphatic heterocycles. The summed E-state index contributed by atoms with van der Waals surface area (Å²) in [5.74, 6) is -5.12. The van der Waals surface area contributed by atoms with Crippen LogP contribution >= 0.6 is 7.60 Å². The molecule has 0 aromatic carbocycles. The molecule has 22 heavy (non-hydrogen) atoms. The molecule has 0 aliphatic carbocycles. The third kappa shape index (κ3) is 5.40. The molecule has 0 saturated carbocycles. The molecule has 0 radical (unpaired) electrons. The van der Waals surface area contributed by atoms with Crippen molar-refractivity contribution in [2.75, 3.05) is 0 Å². The Labute approximate surface area is 126 Å². The molecular formula is C13H16NO7P. The number of hydrogen-bond donors (Lipinski definition) is 4. The van der Waals surface area contributed by atoms with Gasteiger partial charge in [-0.15, -0.1) is 0 Å². The summed E-state index contributed by atoms with van der Waals surface area (Å²) in [5, 5.41) is 17.9. The lowest BCUT2D eigenvalue weighted by atomic mass is 10.0. The molecule has 1 aromatic rings. The first kappa shape index (κ1) is 18.0. The van der Waals surface area contributed by atoms with Gasteiger partial charge in [0.15, 0.2) is 5.66 Å². The molecule has 9 heteroatoms. The molecule has 1 aromatic heterocycles. The number of hydrogen-bond acceptors (Lipinski definition) is 4. The number of rotatable bonds is 8. The van der Waals surface area contributed by atoms with E-state index in [0.29, 0.717) is 6.42 Å². The van der Waals surface area contributed by atoms with Crippen LogP contribution in [0.2, 0.25) is 0 Å². The van der Waals surface area contributed by atoms with E-state index in [4.69, 9.17) is 20.0 Å². The van der Waals surface area contributed by atoms with Crippen LogP contribution in [0.25, 0.3) is 0 Å². The minimum atomic E-state index is -5.08. The second kappa shape index (κ2) is 7.84. The van der Waals surface area contributed by atoms with E-state index in [-0.39, 0.29) is 6.42 Å². The van der Waals surface area contributed by atoms with Gasteiger partial charge in [-0.1, -0.05) is 18.2 Å². The average Bonchev–Trinajstić information content (AvgIpc) is 2.41. The Morgan fingerprint density at radius 2 is 1.86 bits per heavy atom. The van der Waals surface area contributed by atoms with Gasteiger partial charge in [0, 0.05) is 18.3 Å². The Balaban J connectivity index is 2.78. The fourth-order valence-corrected chi connectivity index (χ4v) is 2.89. The zero-order valence-corrected chi connectivity index (χ0v) is 12.3. The highest BCUT2D eigenvalue weighted by molar-refractivity contribution is 7.53. The van der Waals surface area contributed by atoms with Crippen LogP contribution in [0.1, 0.15) is 12.1 Å². The van der Waals surface area contributed by atoms with Crippen LogP contribution in [0.4, 0.5) is 0 Å². The van der Waals surface area contributed by atoms with Crippen molar-refractivity contribution >= 4 is 19.5 Å². The van der Waals surface area contributed by atoms with Crippen molar-refractivity contribution in [2.24, 2.45) is 5.92 Å². The summed E-state index contributed by atoms with van der Waals surface area (Å²) in [6, 6.07) is 5.28. The number of nitrogens with zero attached hydrogens (tertiary/aromatic N) is 1. The zero-order chi connectivity index (χ0) is 16.8. The lowest BCUT2D eigenvalue weighted by Gasteiger charge is -2.19. The smallest absolute Gasteiger partial charge is 0.340 e. The van der Waals surface area contributed by atoms with Gasteiger partial charge in [0.05, 0.1) is 5.92 Å². The van der Waals surface area contributed by atoms with E-state index in [0.717, 1.165) is 5.69 Å². The van der Waals surface area contributed by atoms with Crippen molar-refractivity contribution in [3.05, 3.63) is 42.2 Å². The molecule has 2 unspecified atom stereocenters. The highest BCUT2D eigenvalue weighted by atomic mass is 31.2. The lowest BCUT2D eigenvalue weighted by molar-refractivity contribution is -0.148. The van der Waals surface area contributed by atoms with Gasteiger partial charge >= 0.3 is 19.5 Å². The van der Waals surface area contributed by atoms with Crippen molar-refractivity contribution in [1.29, 1.82) is 0 Å². The molecule has 120 valence electrons. The van der Waals surface area contributed by atoms with Crippen LogP contribution in [-0.4, -0.2) is 42.6 Å². The van der Waals surface area contributed by atoms with E-state index < -0.39 is 31.1 Å². The van der Waals surface area contributed by atoms with Gasteiger partial charge in [-0.25, -0.2) is 0 Å². The molecule has 4 N–H and O–H groups in total. The van der Waals surface area contributed by atoms with Crippen LogP contribution in [-0.2, 0) is 20.6 Å². The molecule has 2 atom stereocenters. The summed E-state index contributed by atoms with van der Waals surface area (Å²) in [6.07, 6.45) is 4.67. The number of aliphatic carboxylic acids is 2. The first-order valence-corrected chi connectivity index (χ1v) is 7.97. The molecular weight excluding hydrogens is 313 g/mol. The van der Waals surface area contributed by atoms with Crippen molar-refractivity contribution < 1.29 is 34.2 Å². The van der Waals surface area contributed by atoms with Crippen molar-refractivity contribution in [1.82, 2.24) is 4.98 Å². The second-order valence-corrected chi connectivity index (χ2v) is 6.28. The third-order valence-corrected chi connectivity index (χ3v) is 4.23. The van der Waals surface area contributed by atoms with Gasteiger partial charge in [-0.3, -0.25) is 19.1 Å². The Bertz CT molecular complexity index is 596. The molecule has 0 amide bonds. The summed E-state index contributed by atoms with van der Waals surface area (Å²) in [5.41, 5.74) is -1.54. The first-order valence-electron chi connectivity index (χ1n) is 6.29. The second-order valence-electron chi connectivity index (χ2n) is 4.55. The van der Waals surface area contributed by atoms with E-state index in [1.54, 1.807) is 30.5 Å². The maximum absolute atomic E-state index is 11.2. The molecule has 1 rings (SSSR count). The first-order chi connectivity index (χ1) is 10.2. The Hall–Kier alpha value is -2.02. The Morgan fingerprint density at radius 1 is 1.18 bits per heavy atom. The number of carboxylic acid groups (broad SMARTS) is 2. The highest BCUT2D eigenvalue weighted by Gasteiger charge is 2.45. The fourth-order valence-electron chi connectivity index (χ4n) is 1.88. The van der Waals surface area contributed by atoms with E-state index in [1.807, 2.05) is 0 Å². The molecule has 0 bridgehead atoms. The summed E-state index contributed by atoms with van der Waals surface area (Å²) in [4.78, 5) is 44.2. The van der Waals surface area contributed by atoms with Gasteiger partial charge in [0.25, 0.3) is 0 Å². The maximum atomic E-state index is 11.2. The highest BCUT2D eigenvalue weighted by Crippen LogP contribution is 2.46. The summed E-state index contributed by atoms with van der Waals surface area (Å²) < 4.78 is 11.2. The van der Waals surface area contributed by atoms with E-state index in [1.165, 1.54) is 6.08 Å². The molecule has 0 fully saturated rings. The van der Waals surface area contributed by atoms with Crippen LogP contribution in [0.15, 0.2) is 36.5 Å². The van der Waals surface area contributed by atoms with Gasteiger partial charge in [0.2, 0.25) is 0 Å². The summed E-state index contributed by atoms with van der Waals surface area (Å²) in [7, 11) is -5.08. The largest absolute Gasteiger partial charge is 0.481 e. The van der Waals surface area contributed by atoms with Crippen LogP contribution in [0.5, 0.6) is 0 Å². The molecule has 0 spiro atoms. The van der Waals surface area contributed by atoms with Gasteiger partial charge in [-0.05, 0) is 18.6 Å². The third-order valence-electron chi connectivity index (χ3n) is 2.92. The van der Waals surface area contributed by atoms with Crippen LogP contribution in [0.3, 0.4) is 0 Å². The van der Waals surface area contributed by atoms with Gasteiger partial charge in [0.1, 0.15) is 0 Å². The minimum Gasteiger partial charge on any atom is -0.481 e. The van der Waals surface area contributed by atoms with E-state index in [2.05, 4.69) is 4.98 Å².